The Morgan fingerprint density at radius 2 is 2.36 bits per heavy atom. The third kappa shape index (κ3) is 3.79. The van der Waals surface area contributed by atoms with E-state index >= 15 is 0 Å². The van der Waals surface area contributed by atoms with Crippen molar-refractivity contribution in [2.24, 2.45) is 11.7 Å². The van der Waals surface area contributed by atoms with Crippen molar-refractivity contribution in [1.29, 1.82) is 0 Å². The van der Waals surface area contributed by atoms with Crippen molar-refractivity contribution < 1.29 is 0 Å². The molecule has 0 aliphatic carbocycles. The van der Waals surface area contributed by atoms with Gasteiger partial charge < -0.3 is 5.73 Å². The zero-order chi connectivity index (χ0) is 10.4. The Kier molecular flexibility index (Phi) is 5.90. The summed E-state index contributed by atoms with van der Waals surface area (Å²) in [6.45, 7) is 7.92. The lowest BCUT2D eigenvalue weighted by Crippen LogP contribution is -2.39. The summed E-state index contributed by atoms with van der Waals surface area (Å²) in [5.74, 6) is 3.37. The first kappa shape index (κ1) is 12.3. The summed E-state index contributed by atoms with van der Waals surface area (Å²) < 4.78 is 0. The molecule has 2 nitrogen and oxygen atoms in total. The largest absolute Gasteiger partial charge is 0.329 e. The van der Waals surface area contributed by atoms with Gasteiger partial charge in [-0.15, -0.1) is 0 Å². The molecule has 2 atom stereocenters. The number of hydrogen-bond acceptors (Lipinski definition) is 3. The highest BCUT2D eigenvalue weighted by Crippen LogP contribution is 2.19. The van der Waals surface area contributed by atoms with E-state index in [1.165, 1.54) is 37.4 Å². The maximum absolute atomic E-state index is 5.83. The summed E-state index contributed by atoms with van der Waals surface area (Å²) >= 11 is 2.03. The molecular formula is C11H24N2S. The minimum absolute atomic E-state index is 0.638. The first-order chi connectivity index (χ1) is 6.77. The van der Waals surface area contributed by atoms with Gasteiger partial charge in [0.15, 0.2) is 0 Å². The average Bonchev–Trinajstić information content (AvgIpc) is 2.60. The van der Waals surface area contributed by atoms with E-state index in [0.29, 0.717) is 6.04 Å². The van der Waals surface area contributed by atoms with Crippen molar-refractivity contribution in [3.05, 3.63) is 0 Å². The standard InChI is InChI=1S/C11H24N2S/c1-3-14-7-5-11(8-12)13-6-4-10(2)9-13/h10-11H,3-9,12H2,1-2H3. The first-order valence-corrected chi connectivity index (χ1v) is 6.95. The topological polar surface area (TPSA) is 29.3 Å². The van der Waals surface area contributed by atoms with Gasteiger partial charge in [-0.3, -0.25) is 4.90 Å². The third-order valence-corrected chi connectivity index (χ3v) is 3.98. The second kappa shape index (κ2) is 6.70. The summed E-state index contributed by atoms with van der Waals surface area (Å²) in [5, 5.41) is 0. The molecule has 1 aliphatic rings. The fourth-order valence-electron chi connectivity index (χ4n) is 2.11. The van der Waals surface area contributed by atoms with Crippen LogP contribution in [0.5, 0.6) is 0 Å². The lowest BCUT2D eigenvalue weighted by atomic mass is 10.1. The number of thioether (sulfide) groups is 1. The fourth-order valence-corrected chi connectivity index (χ4v) is 2.84. The van der Waals surface area contributed by atoms with E-state index in [-0.39, 0.29) is 0 Å². The number of rotatable bonds is 6. The fraction of sp³-hybridized carbons (Fsp3) is 1.00. The monoisotopic (exact) mass is 216 g/mol. The number of hydrogen-bond donors (Lipinski definition) is 1. The summed E-state index contributed by atoms with van der Waals surface area (Å²) in [6, 6.07) is 0.638. The van der Waals surface area contributed by atoms with Crippen LogP contribution in [0, 0.1) is 5.92 Å². The predicted octanol–water partition coefficient (Wildman–Crippen LogP) is 1.80. The summed E-state index contributed by atoms with van der Waals surface area (Å²) in [6.07, 6.45) is 2.62. The number of likely N-dealkylation sites (tertiary alicyclic amines) is 1. The quantitative estimate of drug-likeness (QED) is 0.687. The van der Waals surface area contributed by atoms with Gasteiger partial charge in [0.25, 0.3) is 0 Å². The molecule has 0 aromatic rings. The molecule has 2 N–H and O–H groups in total. The summed E-state index contributed by atoms with van der Waals surface area (Å²) in [5.41, 5.74) is 5.83. The van der Waals surface area contributed by atoms with Crippen LogP contribution in [0.3, 0.4) is 0 Å². The van der Waals surface area contributed by atoms with E-state index in [0.717, 1.165) is 12.5 Å². The van der Waals surface area contributed by atoms with Crippen molar-refractivity contribution >= 4 is 11.8 Å². The molecule has 1 aliphatic heterocycles. The Balaban J connectivity index is 2.23. The smallest absolute Gasteiger partial charge is 0.0226 e. The molecule has 1 rings (SSSR count). The van der Waals surface area contributed by atoms with E-state index in [2.05, 4.69) is 18.7 Å². The Morgan fingerprint density at radius 1 is 1.57 bits per heavy atom. The summed E-state index contributed by atoms with van der Waals surface area (Å²) in [4.78, 5) is 2.58. The molecule has 1 heterocycles. The van der Waals surface area contributed by atoms with Gasteiger partial charge in [0, 0.05) is 19.1 Å². The van der Waals surface area contributed by atoms with Crippen molar-refractivity contribution in [2.75, 3.05) is 31.1 Å². The van der Waals surface area contributed by atoms with Crippen LogP contribution in [0.15, 0.2) is 0 Å². The maximum Gasteiger partial charge on any atom is 0.0226 e. The van der Waals surface area contributed by atoms with Gasteiger partial charge in [0.2, 0.25) is 0 Å². The molecule has 1 saturated heterocycles. The van der Waals surface area contributed by atoms with Gasteiger partial charge >= 0.3 is 0 Å². The molecule has 0 saturated carbocycles. The van der Waals surface area contributed by atoms with E-state index in [4.69, 9.17) is 5.73 Å². The van der Waals surface area contributed by atoms with Crippen LogP contribution in [0.4, 0.5) is 0 Å². The highest BCUT2D eigenvalue weighted by molar-refractivity contribution is 7.99. The minimum Gasteiger partial charge on any atom is -0.329 e. The van der Waals surface area contributed by atoms with Crippen LogP contribution < -0.4 is 5.73 Å². The highest BCUT2D eigenvalue weighted by Gasteiger charge is 2.24. The molecule has 0 aromatic carbocycles. The molecular weight excluding hydrogens is 192 g/mol. The second-order valence-corrected chi connectivity index (χ2v) is 5.66. The van der Waals surface area contributed by atoms with Gasteiger partial charge in [-0.25, -0.2) is 0 Å². The van der Waals surface area contributed by atoms with E-state index in [9.17, 15) is 0 Å². The Hall–Kier alpha value is 0.270. The van der Waals surface area contributed by atoms with Crippen LogP contribution in [0.1, 0.15) is 26.7 Å². The normalized spacial score (nSPS) is 25.5. The minimum atomic E-state index is 0.638. The zero-order valence-electron chi connectivity index (χ0n) is 9.54. The Labute approximate surface area is 92.6 Å². The van der Waals surface area contributed by atoms with Crippen molar-refractivity contribution in [1.82, 2.24) is 4.90 Å². The van der Waals surface area contributed by atoms with Crippen molar-refractivity contribution in [3.63, 3.8) is 0 Å². The number of nitrogens with two attached hydrogens (primary N) is 1. The van der Waals surface area contributed by atoms with Crippen LogP contribution in [-0.2, 0) is 0 Å². The van der Waals surface area contributed by atoms with Crippen LogP contribution in [0.25, 0.3) is 0 Å². The molecule has 0 radical (unpaired) electrons. The maximum atomic E-state index is 5.83. The van der Waals surface area contributed by atoms with Crippen molar-refractivity contribution in [3.8, 4) is 0 Å². The molecule has 14 heavy (non-hydrogen) atoms. The molecule has 1 fully saturated rings. The lowest BCUT2D eigenvalue weighted by molar-refractivity contribution is 0.236. The van der Waals surface area contributed by atoms with Gasteiger partial charge in [0.1, 0.15) is 0 Å². The third-order valence-electron chi connectivity index (χ3n) is 3.04. The van der Waals surface area contributed by atoms with Crippen LogP contribution in [-0.4, -0.2) is 42.1 Å². The van der Waals surface area contributed by atoms with Gasteiger partial charge in [0.05, 0.1) is 0 Å². The molecule has 0 amide bonds. The highest BCUT2D eigenvalue weighted by atomic mass is 32.2. The summed E-state index contributed by atoms with van der Waals surface area (Å²) in [7, 11) is 0. The van der Waals surface area contributed by atoms with Gasteiger partial charge in [-0.05, 0) is 36.8 Å². The molecule has 3 heteroatoms. The molecule has 84 valence electrons. The lowest BCUT2D eigenvalue weighted by Gasteiger charge is -2.26. The Morgan fingerprint density at radius 3 is 2.86 bits per heavy atom. The zero-order valence-corrected chi connectivity index (χ0v) is 10.4. The average molecular weight is 216 g/mol. The Bertz CT molecular complexity index is 152. The van der Waals surface area contributed by atoms with Crippen LogP contribution >= 0.6 is 11.8 Å². The van der Waals surface area contributed by atoms with Crippen molar-refractivity contribution in [2.45, 2.75) is 32.7 Å². The van der Waals surface area contributed by atoms with Gasteiger partial charge in [-0.2, -0.15) is 11.8 Å². The molecule has 0 spiro atoms. The predicted molar refractivity (Wildman–Crippen MR) is 65.8 cm³/mol. The first-order valence-electron chi connectivity index (χ1n) is 5.79. The molecule has 2 unspecified atom stereocenters. The number of nitrogens with zero attached hydrogens (tertiary/aromatic N) is 1. The van der Waals surface area contributed by atoms with Gasteiger partial charge in [-0.1, -0.05) is 13.8 Å². The molecule has 0 bridgehead atoms. The van der Waals surface area contributed by atoms with E-state index in [1.807, 2.05) is 11.8 Å². The van der Waals surface area contributed by atoms with Crippen LogP contribution in [0.2, 0.25) is 0 Å². The van der Waals surface area contributed by atoms with E-state index in [1.54, 1.807) is 0 Å². The SMILES string of the molecule is CCSCCC(CN)N1CCC(C)C1. The van der Waals surface area contributed by atoms with E-state index < -0.39 is 0 Å². The second-order valence-electron chi connectivity index (χ2n) is 4.26. The molecule has 0 aromatic heterocycles.